The van der Waals surface area contributed by atoms with Crippen LogP contribution in [-0.4, -0.2) is 49.7 Å². The molecule has 2 aromatic rings. The molecule has 9 heteroatoms. The zero-order valence-electron chi connectivity index (χ0n) is 17.6. The summed E-state index contributed by atoms with van der Waals surface area (Å²) in [5, 5.41) is 2.84. The summed E-state index contributed by atoms with van der Waals surface area (Å²) in [5.74, 6) is 0.132. The van der Waals surface area contributed by atoms with E-state index in [1.54, 1.807) is 25.0 Å². The summed E-state index contributed by atoms with van der Waals surface area (Å²) in [6.07, 6.45) is 1.98. The molecule has 9 nitrogen and oxygen atoms in total. The lowest BCUT2D eigenvalue weighted by Crippen LogP contribution is -2.46. The van der Waals surface area contributed by atoms with Crippen molar-refractivity contribution in [3.05, 3.63) is 58.1 Å². The van der Waals surface area contributed by atoms with Gasteiger partial charge in [0.2, 0.25) is 11.2 Å². The predicted octanol–water partition coefficient (Wildman–Crippen LogP) is 2.58. The van der Waals surface area contributed by atoms with Gasteiger partial charge in [-0.2, -0.15) is 0 Å². The largest absolute Gasteiger partial charge is 0.497 e. The SMILES string of the molecule is CCOC(=O)N1CCC(NC(=O)c2cc(=O)c(OCc3cccc(OC)c3)co2)CC1. The molecule has 0 spiro atoms. The second-order valence-corrected chi connectivity index (χ2v) is 7.05. The molecule has 1 fully saturated rings. The van der Waals surface area contributed by atoms with Crippen molar-refractivity contribution < 1.29 is 28.2 Å². The van der Waals surface area contributed by atoms with Gasteiger partial charge in [0.25, 0.3) is 5.91 Å². The quantitative estimate of drug-likeness (QED) is 0.719. The summed E-state index contributed by atoms with van der Waals surface area (Å²) in [7, 11) is 1.57. The van der Waals surface area contributed by atoms with Crippen LogP contribution >= 0.6 is 0 Å². The molecule has 1 saturated heterocycles. The van der Waals surface area contributed by atoms with Crippen LogP contribution in [0.3, 0.4) is 0 Å². The number of amides is 2. The van der Waals surface area contributed by atoms with Crippen molar-refractivity contribution in [1.82, 2.24) is 10.2 Å². The van der Waals surface area contributed by atoms with Crippen LogP contribution in [0.4, 0.5) is 4.79 Å². The molecule has 0 bridgehead atoms. The lowest BCUT2D eigenvalue weighted by atomic mass is 10.1. The predicted molar refractivity (Wildman–Crippen MR) is 111 cm³/mol. The summed E-state index contributed by atoms with van der Waals surface area (Å²) in [4.78, 5) is 38.1. The highest BCUT2D eigenvalue weighted by molar-refractivity contribution is 5.91. The molecule has 0 aliphatic carbocycles. The van der Waals surface area contributed by atoms with Crippen molar-refractivity contribution in [1.29, 1.82) is 0 Å². The molecule has 2 amide bonds. The smallest absolute Gasteiger partial charge is 0.409 e. The summed E-state index contributed by atoms with van der Waals surface area (Å²) in [5.41, 5.74) is 0.381. The molecule has 1 aliphatic heterocycles. The molecule has 1 N–H and O–H groups in total. The van der Waals surface area contributed by atoms with Gasteiger partial charge in [0.1, 0.15) is 18.6 Å². The molecule has 0 atom stereocenters. The number of carbonyl (C=O) groups excluding carboxylic acids is 2. The normalized spacial score (nSPS) is 14.1. The van der Waals surface area contributed by atoms with Gasteiger partial charge in [-0.05, 0) is 37.5 Å². The molecule has 2 heterocycles. The van der Waals surface area contributed by atoms with Crippen molar-refractivity contribution in [2.75, 3.05) is 26.8 Å². The topological polar surface area (TPSA) is 107 Å². The number of hydrogen-bond acceptors (Lipinski definition) is 7. The first kappa shape index (κ1) is 22.2. The number of carbonyl (C=O) groups is 2. The van der Waals surface area contributed by atoms with E-state index in [1.165, 1.54) is 0 Å². The van der Waals surface area contributed by atoms with Gasteiger partial charge in [0.05, 0.1) is 13.7 Å². The first-order valence-electron chi connectivity index (χ1n) is 10.1. The Labute approximate surface area is 179 Å². The van der Waals surface area contributed by atoms with Crippen LogP contribution in [0.15, 0.2) is 45.8 Å². The van der Waals surface area contributed by atoms with Gasteiger partial charge in [-0.1, -0.05) is 12.1 Å². The molecular weight excluding hydrogens is 404 g/mol. The fraction of sp³-hybridized carbons (Fsp3) is 0.409. The minimum atomic E-state index is -0.481. The Morgan fingerprint density at radius 2 is 2.00 bits per heavy atom. The molecule has 1 aliphatic rings. The van der Waals surface area contributed by atoms with Crippen molar-refractivity contribution in [2.24, 2.45) is 0 Å². The Kier molecular flexibility index (Phi) is 7.53. The Morgan fingerprint density at radius 3 is 2.68 bits per heavy atom. The van der Waals surface area contributed by atoms with Gasteiger partial charge in [-0.25, -0.2) is 4.79 Å². The van der Waals surface area contributed by atoms with Crippen molar-refractivity contribution in [2.45, 2.75) is 32.4 Å². The highest BCUT2D eigenvalue weighted by Gasteiger charge is 2.25. The van der Waals surface area contributed by atoms with E-state index in [2.05, 4.69) is 5.32 Å². The lowest BCUT2D eigenvalue weighted by Gasteiger charge is -2.31. The number of benzene rings is 1. The summed E-state index contributed by atoms with van der Waals surface area (Å²) in [6, 6.07) is 8.28. The Morgan fingerprint density at radius 1 is 1.23 bits per heavy atom. The Bertz CT molecular complexity index is 964. The second-order valence-electron chi connectivity index (χ2n) is 7.05. The van der Waals surface area contributed by atoms with E-state index >= 15 is 0 Å². The highest BCUT2D eigenvalue weighted by Crippen LogP contribution is 2.16. The first-order chi connectivity index (χ1) is 15.0. The van der Waals surface area contributed by atoms with Gasteiger partial charge in [-0.3, -0.25) is 9.59 Å². The number of methoxy groups -OCH3 is 1. The maximum absolute atomic E-state index is 12.4. The number of piperidine rings is 1. The Balaban J connectivity index is 1.53. The number of nitrogens with one attached hydrogen (secondary N) is 1. The van der Waals surface area contributed by atoms with Crippen LogP contribution in [0.5, 0.6) is 11.5 Å². The minimum Gasteiger partial charge on any atom is -0.497 e. The molecule has 1 aromatic heterocycles. The van der Waals surface area contributed by atoms with E-state index in [9.17, 15) is 14.4 Å². The van der Waals surface area contributed by atoms with Crippen LogP contribution in [0.25, 0.3) is 0 Å². The average Bonchev–Trinajstić information content (AvgIpc) is 2.79. The van der Waals surface area contributed by atoms with E-state index < -0.39 is 11.3 Å². The van der Waals surface area contributed by atoms with Crippen LogP contribution < -0.4 is 20.2 Å². The van der Waals surface area contributed by atoms with Crippen LogP contribution in [0.1, 0.15) is 35.9 Å². The second kappa shape index (κ2) is 10.5. The summed E-state index contributed by atoms with van der Waals surface area (Å²) in [6.45, 7) is 3.23. The third-order valence-corrected chi connectivity index (χ3v) is 4.91. The van der Waals surface area contributed by atoms with Gasteiger partial charge in [0.15, 0.2) is 5.76 Å². The zero-order chi connectivity index (χ0) is 22.2. The lowest BCUT2D eigenvalue weighted by molar-refractivity contribution is 0.0838. The third-order valence-electron chi connectivity index (χ3n) is 4.91. The maximum Gasteiger partial charge on any atom is 0.409 e. The van der Waals surface area contributed by atoms with Gasteiger partial charge in [-0.15, -0.1) is 0 Å². The van der Waals surface area contributed by atoms with Gasteiger partial charge < -0.3 is 28.8 Å². The fourth-order valence-electron chi connectivity index (χ4n) is 3.22. The van der Waals surface area contributed by atoms with Crippen LogP contribution in [0.2, 0.25) is 0 Å². The van der Waals surface area contributed by atoms with E-state index in [1.807, 2.05) is 18.2 Å². The van der Waals surface area contributed by atoms with E-state index in [-0.39, 0.29) is 30.3 Å². The van der Waals surface area contributed by atoms with Crippen molar-refractivity contribution in [3.8, 4) is 11.5 Å². The summed E-state index contributed by atoms with van der Waals surface area (Å²) >= 11 is 0. The standard InChI is InChI=1S/C22H26N2O7/c1-3-29-22(27)24-9-7-16(8-10-24)23-21(26)19-12-18(25)20(14-31-19)30-13-15-5-4-6-17(11-15)28-2/h4-6,11-12,14,16H,3,7-10,13H2,1-2H3,(H,23,26). The van der Waals surface area contributed by atoms with Crippen LogP contribution in [0, 0.1) is 0 Å². The average molecular weight is 430 g/mol. The molecule has 3 rings (SSSR count). The molecule has 0 saturated carbocycles. The number of ether oxygens (including phenoxy) is 3. The minimum absolute atomic E-state index is 0.0158. The van der Waals surface area contributed by atoms with Crippen molar-refractivity contribution >= 4 is 12.0 Å². The summed E-state index contributed by atoms with van der Waals surface area (Å²) < 4.78 is 21.0. The molecule has 1 aromatic carbocycles. The monoisotopic (exact) mass is 430 g/mol. The molecule has 166 valence electrons. The molecular formula is C22H26N2O7. The van der Waals surface area contributed by atoms with Gasteiger partial charge >= 0.3 is 6.09 Å². The molecule has 0 radical (unpaired) electrons. The first-order valence-corrected chi connectivity index (χ1v) is 10.1. The molecule has 31 heavy (non-hydrogen) atoms. The van der Waals surface area contributed by atoms with Crippen molar-refractivity contribution in [3.63, 3.8) is 0 Å². The number of likely N-dealkylation sites (tertiary alicyclic amines) is 1. The van der Waals surface area contributed by atoms with Crippen LogP contribution in [-0.2, 0) is 11.3 Å². The maximum atomic E-state index is 12.4. The third kappa shape index (κ3) is 6.00. The van der Waals surface area contributed by atoms with E-state index in [0.29, 0.717) is 38.3 Å². The van der Waals surface area contributed by atoms with Gasteiger partial charge in [0, 0.05) is 25.2 Å². The zero-order valence-corrected chi connectivity index (χ0v) is 17.6. The number of hydrogen-bond donors (Lipinski definition) is 1. The van der Waals surface area contributed by atoms with E-state index in [4.69, 9.17) is 18.6 Å². The highest BCUT2D eigenvalue weighted by atomic mass is 16.6. The number of nitrogens with zero attached hydrogens (tertiary/aromatic N) is 1. The molecule has 0 unspecified atom stereocenters. The number of rotatable bonds is 7. The fourth-order valence-corrected chi connectivity index (χ4v) is 3.22. The van der Waals surface area contributed by atoms with E-state index in [0.717, 1.165) is 17.9 Å². The Hall–Kier alpha value is -3.49.